The molecule has 0 aromatic carbocycles. The SMILES string of the molecule is CCN(CC)c1cc(N2CCNCC2C(=O)C2CCCN2)nc(N(CC)CC)n1. The van der Waals surface area contributed by atoms with Crippen LogP contribution in [-0.4, -0.2) is 80.2 Å². The molecule has 1 aromatic heterocycles. The van der Waals surface area contributed by atoms with Crippen LogP contribution in [0.1, 0.15) is 40.5 Å². The van der Waals surface area contributed by atoms with Gasteiger partial charge in [0, 0.05) is 51.9 Å². The monoisotopic (exact) mass is 403 g/mol. The summed E-state index contributed by atoms with van der Waals surface area (Å²) >= 11 is 0. The van der Waals surface area contributed by atoms with Gasteiger partial charge in [-0.15, -0.1) is 0 Å². The van der Waals surface area contributed by atoms with E-state index < -0.39 is 0 Å². The summed E-state index contributed by atoms with van der Waals surface area (Å²) in [6.45, 7) is 15.3. The zero-order chi connectivity index (χ0) is 20.8. The van der Waals surface area contributed by atoms with Crippen LogP contribution in [0.5, 0.6) is 0 Å². The Kier molecular flexibility index (Phi) is 7.66. The Bertz CT molecular complexity index is 639. The van der Waals surface area contributed by atoms with Crippen molar-refractivity contribution in [2.45, 2.75) is 52.6 Å². The Morgan fingerprint density at radius 2 is 1.83 bits per heavy atom. The van der Waals surface area contributed by atoms with E-state index in [0.29, 0.717) is 6.54 Å². The lowest BCUT2D eigenvalue weighted by Gasteiger charge is -2.38. The summed E-state index contributed by atoms with van der Waals surface area (Å²) in [6.07, 6.45) is 2.00. The summed E-state index contributed by atoms with van der Waals surface area (Å²) in [5.74, 6) is 2.83. The summed E-state index contributed by atoms with van der Waals surface area (Å²) in [6, 6.07) is 1.84. The van der Waals surface area contributed by atoms with Gasteiger partial charge in [-0.2, -0.15) is 9.97 Å². The molecule has 3 rings (SSSR count). The first-order valence-corrected chi connectivity index (χ1v) is 11.3. The van der Waals surface area contributed by atoms with E-state index in [0.717, 1.165) is 76.2 Å². The number of Topliss-reactive ketones (excluding diaryl/α,β-unsaturated/α-hetero) is 1. The minimum absolute atomic E-state index is 0.0336. The van der Waals surface area contributed by atoms with E-state index >= 15 is 0 Å². The van der Waals surface area contributed by atoms with Crippen molar-refractivity contribution < 1.29 is 4.79 Å². The smallest absolute Gasteiger partial charge is 0.229 e. The predicted molar refractivity (Wildman–Crippen MR) is 119 cm³/mol. The highest BCUT2D eigenvalue weighted by Crippen LogP contribution is 2.26. The van der Waals surface area contributed by atoms with Gasteiger partial charge in [-0.05, 0) is 47.1 Å². The second-order valence-electron chi connectivity index (χ2n) is 7.69. The van der Waals surface area contributed by atoms with Crippen molar-refractivity contribution in [3.05, 3.63) is 6.07 Å². The molecule has 3 heterocycles. The number of hydrogen-bond acceptors (Lipinski definition) is 8. The maximum atomic E-state index is 13.2. The predicted octanol–water partition coefficient (Wildman–Crippen LogP) is 1.27. The first-order valence-electron chi connectivity index (χ1n) is 11.3. The Morgan fingerprint density at radius 1 is 1.10 bits per heavy atom. The molecular formula is C21H37N7O. The first kappa shape index (κ1) is 21.8. The topological polar surface area (TPSA) is 76.6 Å². The van der Waals surface area contributed by atoms with Crippen LogP contribution >= 0.6 is 0 Å². The summed E-state index contributed by atoms with van der Waals surface area (Å²) in [7, 11) is 0. The molecule has 2 aliphatic heterocycles. The number of hydrogen-bond donors (Lipinski definition) is 2. The lowest BCUT2D eigenvalue weighted by atomic mass is 10.0. The van der Waals surface area contributed by atoms with E-state index in [2.05, 4.69) is 59.1 Å². The fraction of sp³-hybridized carbons (Fsp3) is 0.762. The molecule has 2 N–H and O–H groups in total. The summed E-state index contributed by atoms with van der Waals surface area (Å²) in [4.78, 5) is 29.6. The highest BCUT2D eigenvalue weighted by Gasteiger charge is 2.35. The molecule has 2 saturated heterocycles. The largest absolute Gasteiger partial charge is 0.357 e. The number of carbonyl (C=O) groups excluding carboxylic acids is 1. The van der Waals surface area contributed by atoms with Gasteiger partial charge in [0.15, 0.2) is 5.78 Å². The van der Waals surface area contributed by atoms with Gasteiger partial charge in [-0.3, -0.25) is 4.79 Å². The normalized spacial score (nSPS) is 22.0. The van der Waals surface area contributed by atoms with Gasteiger partial charge in [0.2, 0.25) is 5.95 Å². The van der Waals surface area contributed by atoms with Crippen LogP contribution in [-0.2, 0) is 4.79 Å². The number of carbonyl (C=O) groups is 1. The van der Waals surface area contributed by atoms with Gasteiger partial charge >= 0.3 is 0 Å². The standard InChI is InChI=1S/C21H37N7O/c1-5-26(6-2)18-14-19(25-21(24-18)27(7-3)8-4)28-13-12-22-15-17(28)20(29)16-10-9-11-23-16/h14,16-17,22-23H,5-13,15H2,1-4H3. The zero-order valence-corrected chi connectivity index (χ0v) is 18.4. The molecule has 29 heavy (non-hydrogen) atoms. The van der Waals surface area contributed by atoms with Crippen LogP contribution in [0.4, 0.5) is 17.6 Å². The highest BCUT2D eigenvalue weighted by atomic mass is 16.1. The zero-order valence-electron chi connectivity index (χ0n) is 18.4. The Morgan fingerprint density at radius 3 is 2.45 bits per heavy atom. The van der Waals surface area contributed by atoms with Gasteiger partial charge in [-0.25, -0.2) is 0 Å². The van der Waals surface area contributed by atoms with E-state index in [1.54, 1.807) is 0 Å². The molecule has 1 aromatic rings. The summed E-state index contributed by atoms with van der Waals surface area (Å²) in [5.41, 5.74) is 0. The number of nitrogens with zero attached hydrogens (tertiary/aromatic N) is 5. The van der Waals surface area contributed by atoms with Crippen molar-refractivity contribution in [2.24, 2.45) is 0 Å². The minimum Gasteiger partial charge on any atom is -0.357 e. The lowest BCUT2D eigenvalue weighted by molar-refractivity contribution is -0.122. The number of nitrogens with one attached hydrogen (secondary N) is 2. The van der Waals surface area contributed by atoms with Gasteiger partial charge in [0.05, 0.1) is 6.04 Å². The summed E-state index contributed by atoms with van der Waals surface area (Å²) < 4.78 is 0. The van der Waals surface area contributed by atoms with Crippen molar-refractivity contribution in [1.82, 2.24) is 20.6 Å². The molecule has 2 unspecified atom stereocenters. The molecule has 0 bridgehead atoms. The van der Waals surface area contributed by atoms with Crippen molar-refractivity contribution in [1.29, 1.82) is 0 Å². The molecule has 0 amide bonds. The molecular weight excluding hydrogens is 366 g/mol. The van der Waals surface area contributed by atoms with Gasteiger partial charge in [0.1, 0.15) is 17.7 Å². The number of aromatic nitrogens is 2. The van der Waals surface area contributed by atoms with Crippen LogP contribution in [0.25, 0.3) is 0 Å². The van der Waals surface area contributed by atoms with Crippen LogP contribution in [0.3, 0.4) is 0 Å². The average Bonchev–Trinajstić information content (AvgIpc) is 3.30. The third kappa shape index (κ3) is 4.80. The number of ketones is 1. The molecule has 2 aliphatic rings. The Balaban J connectivity index is 1.97. The Hall–Kier alpha value is -1.93. The number of piperazine rings is 1. The van der Waals surface area contributed by atoms with Crippen LogP contribution in [0.2, 0.25) is 0 Å². The van der Waals surface area contributed by atoms with E-state index in [1.807, 2.05) is 0 Å². The van der Waals surface area contributed by atoms with Crippen LogP contribution in [0.15, 0.2) is 6.07 Å². The van der Waals surface area contributed by atoms with Crippen LogP contribution in [0, 0.1) is 0 Å². The minimum atomic E-state index is -0.191. The van der Waals surface area contributed by atoms with E-state index in [4.69, 9.17) is 9.97 Å². The third-order valence-electron chi connectivity index (χ3n) is 6.09. The molecule has 2 atom stereocenters. The third-order valence-corrected chi connectivity index (χ3v) is 6.09. The second-order valence-corrected chi connectivity index (χ2v) is 7.69. The van der Waals surface area contributed by atoms with E-state index in [9.17, 15) is 4.79 Å². The Labute approximate surface area is 175 Å². The fourth-order valence-electron chi connectivity index (χ4n) is 4.31. The fourth-order valence-corrected chi connectivity index (χ4v) is 4.31. The number of anilines is 3. The molecule has 8 heteroatoms. The van der Waals surface area contributed by atoms with Crippen molar-refractivity contribution in [3.63, 3.8) is 0 Å². The lowest BCUT2D eigenvalue weighted by Crippen LogP contribution is -2.58. The maximum Gasteiger partial charge on any atom is 0.229 e. The van der Waals surface area contributed by atoms with Gasteiger partial charge < -0.3 is 25.3 Å². The summed E-state index contributed by atoms with van der Waals surface area (Å²) in [5, 5.41) is 6.77. The first-order chi connectivity index (χ1) is 14.1. The highest BCUT2D eigenvalue weighted by molar-refractivity contribution is 5.92. The second kappa shape index (κ2) is 10.2. The molecule has 8 nitrogen and oxygen atoms in total. The van der Waals surface area contributed by atoms with Gasteiger partial charge in [0.25, 0.3) is 0 Å². The molecule has 2 fully saturated rings. The van der Waals surface area contributed by atoms with Crippen molar-refractivity contribution >= 4 is 23.4 Å². The van der Waals surface area contributed by atoms with E-state index in [-0.39, 0.29) is 17.9 Å². The number of rotatable bonds is 9. The quantitative estimate of drug-likeness (QED) is 0.638. The van der Waals surface area contributed by atoms with Crippen LogP contribution < -0.4 is 25.3 Å². The maximum absolute atomic E-state index is 13.2. The van der Waals surface area contributed by atoms with Crippen molar-refractivity contribution in [2.75, 3.05) is 67.1 Å². The van der Waals surface area contributed by atoms with E-state index in [1.165, 1.54) is 0 Å². The molecule has 162 valence electrons. The molecule has 0 spiro atoms. The molecule has 0 radical (unpaired) electrons. The van der Waals surface area contributed by atoms with Gasteiger partial charge in [-0.1, -0.05) is 0 Å². The average molecular weight is 404 g/mol. The molecule has 0 saturated carbocycles. The molecule has 0 aliphatic carbocycles. The van der Waals surface area contributed by atoms with Crippen molar-refractivity contribution in [3.8, 4) is 0 Å².